The number of hydrogen-bond acceptors (Lipinski definition) is 6. The van der Waals surface area contributed by atoms with Gasteiger partial charge >= 0.3 is 0 Å². The Kier molecular flexibility index (Phi) is 3.51. The van der Waals surface area contributed by atoms with Crippen LogP contribution in [-0.2, 0) is 5.75 Å². The van der Waals surface area contributed by atoms with Gasteiger partial charge in [-0.2, -0.15) is 0 Å². The molecule has 5 aromatic rings. The summed E-state index contributed by atoms with van der Waals surface area (Å²) >= 11 is 7.31. The van der Waals surface area contributed by atoms with Crippen molar-refractivity contribution in [3.63, 3.8) is 0 Å². The molecular formula is C18H10ClN3O3S. The Balaban J connectivity index is 1.50. The van der Waals surface area contributed by atoms with Crippen molar-refractivity contribution in [2.24, 2.45) is 0 Å². The van der Waals surface area contributed by atoms with Gasteiger partial charge in [-0.15, -0.1) is 0 Å². The van der Waals surface area contributed by atoms with Gasteiger partial charge in [0.05, 0.1) is 5.75 Å². The van der Waals surface area contributed by atoms with E-state index in [0.29, 0.717) is 44.0 Å². The smallest absolute Gasteiger partial charge is 0.294 e. The van der Waals surface area contributed by atoms with Gasteiger partial charge in [0, 0.05) is 10.4 Å². The fourth-order valence-corrected chi connectivity index (χ4v) is 3.66. The first-order valence-electron chi connectivity index (χ1n) is 7.77. The molecule has 0 aliphatic rings. The lowest BCUT2D eigenvalue weighted by Gasteiger charge is -1.98. The molecule has 0 saturated heterocycles. The van der Waals surface area contributed by atoms with Crippen LogP contribution in [0.1, 0.15) is 5.82 Å². The van der Waals surface area contributed by atoms with Crippen LogP contribution in [0, 0.1) is 0 Å². The molecule has 0 aliphatic carbocycles. The van der Waals surface area contributed by atoms with Gasteiger partial charge < -0.3 is 13.8 Å². The minimum atomic E-state index is -0.300. The van der Waals surface area contributed by atoms with Crippen LogP contribution in [0.25, 0.3) is 33.2 Å². The van der Waals surface area contributed by atoms with Gasteiger partial charge in [-0.25, -0.2) is 9.97 Å². The van der Waals surface area contributed by atoms with Crippen LogP contribution in [0.15, 0.2) is 61.3 Å². The van der Waals surface area contributed by atoms with Crippen LogP contribution >= 0.6 is 23.4 Å². The molecule has 8 heteroatoms. The Morgan fingerprint density at radius 1 is 1.08 bits per heavy atom. The molecule has 0 spiro atoms. The molecule has 128 valence electrons. The molecule has 6 nitrogen and oxygen atoms in total. The lowest BCUT2D eigenvalue weighted by molar-refractivity contribution is 0.489. The van der Waals surface area contributed by atoms with Crippen LogP contribution in [0.2, 0.25) is 5.02 Å². The first-order chi connectivity index (χ1) is 12.7. The van der Waals surface area contributed by atoms with Gasteiger partial charge in [-0.3, -0.25) is 4.79 Å². The maximum atomic E-state index is 12.3. The van der Waals surface area contributed by atoms with E-state index in [9.17, 15) is 4.79 Å². The molecule has 0 aliphatic heterocycles. The standard InChI is InChI=1S/C18H10ClN3O3S/c19-9-5-6-13-11(7-9)20-18(25-13)26-8-14-21-15-10-3-1-2-4-12(10)24-16(15)17(23)22-14/h1-7H,8H2,(H,21,22,23). The number of rotatable bonds is 3. The molecule has 1 N–H and O–H groups in total. The summed E-state index contributed by atoms with van der Waals surface area (Å²) in [5, 5.41) is 1.91. The van der Waals surface area contributed by atoms with E-state index in [1.807, 2.05) is 24.3 Å². The predicted octanol–water partition coefficient (Wildman–Crippen LogP) is 4.76. The van der Waals surface area contributed by atoms with E-state index in [2.05, 4.69) is 15.0 Å². The van der Waals surface area contributed by atoms with Crippen molar-refractivity contribution in [3.8, 4) is 0 Å². The van der Waals surface area contributed by atoms with E-state index in [-0.39, 0.29) is 11.1 Å². The quantitative estimate of drug-likeness (QED) is 0.452. The molecule has 26 heavy (non-hydrogen) atoms. The highest BCUT2D eigenvalue weighted by atomic mass is 35.5. The Labute approximate surface area is 155 Å². The summed E-state index contributed by atoms with van der Waals surface area (Å²) in [6, 6.07) is 12.7. The summed E-state index contributed by atoms with van der Waals surface area (Å²) in [5.41, 5.74) is 2.49. The molecule has 0 saturated carbocycles. The third-order valence-corrected chi connectivity index (χ3v) is 5.02. The summed E-state index contributed by atoms with van der Waals surface area (Å²) in [7, 11) is 0. The van der Waals surface area contributed by atoms with E-state index in [0.717, 1.165) is 5.39 Å². The Bertz CT molecular complexity index is 1340. The Morgan fingerprint density at radius 2 is 1.96 bits per heavy atom. The second kappa shape index (κ2) is 5.89. The third kappa shape index (κ3) is 2.56. The van der Waals surface area contributed by atoms with Crippen LogP contribution < -0.4 is 5.56 Å². The number of hydrogen-bond donors (Lipinski definition) is 1. The molecule has 3 heterocycles. The van der Waals surface area contributed by atoms with Gasteiger partial charge in [-0.05, 0) is 30.3 Å². The van der Waals surface area contributed by atoms with Crippen molar-refractivity contribution >= 4 is 56.5 Å². The number of thioether (sulfide) groups is 1. The lowest BCUT2D eigenvalue weighted by atomic mass is 10.2. The zero-order chi connectivity index (χ0) is 17.7. The van der Waals surface area contributed by atoms with Gasteiger partial charge in [0.25, 0.3) is 10.8 Å². The van der Waals surface area contributed by atoms with Crippen molar-refractivity contribution < 1.29 is 8.83 Å². The Morgan fingerprint density at radius 3 is 2.88 bits per heavy atom. The van der Waals surface area contributed by atoms with Gasteiger partial charge in [0.1, 0.15) is 22.4 Å². The number of H-pyrrole nitrogens is 1. The highest BCUT2D eigenvalue weighted by molar-refractivity contribution is 7.98. The van der Waals surface area contributed by atoms with Crippen molar-refractivity contribution in [2.75, 3.05) is 0 Å². The largest absolute Gasteiger partial charge is 0.449 e. The number of aromatic amines is 1. The second-order valence-corrected chi connectivity index (χ2v) is 7.03. The number of halogens is 1. The highest BCUT2D eigenvalue weighted by Crippen LogP contribution is 2.28. The minimum absolute atomic E-state index is 0.233. The number of fused-ring (bicyclic) bond motifs is 4. The molecule has 0 fully saturated rings. The SMILES string of the molecule is O=c1[nH]c(CSc2nc3cc(Cl)ccc3o2)nc2c1oc1ccccc12. The fraction of sp³-hybridized carbons (Fsp3) is 0.0556. The number of oxazole rings is 1. The molecule has 0 bridgehead atoms. The molecule has 0 unspecified atom stereocenters. The first-order valence-corrected chi connectivity index (χ1v) is 9.13. The molecule has 0 amide bonds. The van der Waals surface area contributed by atoms with Crippen LogP contribution in [0.3, 0.4) is 0 Å². The summed E-state index contributed by atoms with van der Waals surface area (Å²) in [6.45, 7) is 0. The van der Waals surface area contributed by atoms with Crippen molar-refractivity contribution in [1.82, 2.24) is 15.0 Å². The van der Waals surface area contributed by atoms with Crippen molar-refractivity contribution in [1.29, 1.82) is 0 Å². The monoisotopic (exact) mass is 383 g/mol. The minimum Gasteiger partial charge on any atom is -0.449 e. The van der Waals surface area contributed by atoms with Gasteiger partial charge in [-0.1, -0.05) is 35.5 Å². The van der Waals surface area contributed by atoms with Crippen LogP contribution in [0.4, 0.5) is 0 Å². The van der Waals surface area contributed by atoms with Gasteiger partial charge in [0.15, 0.2) is 5.58 Å². The van der Waals surface area contributed by atoms with Gasteiger partial charge in [0.2, 0.25) is 5.58 Å². The topological polar surface area (TPSA) is 84.9 Å². The number of furan rings is 1. The summed E-state index contributed by atoms with van der Waals surface area (Å²) in [6.07, 6.45) is 0. The predicted molar refractivity (Wildman–Crippen MR) is 101 cm³/mol. The first kappa shape index (κ1) is 15.5. The maximum absolute atomic E-state index is 12.3. The zero-order valence-electron chi connectivity index (χ0n) is 13.2. The van der Waals surface area contributed by atoms with Crippen molar-refractivity contribution in [3.05, 3.63) is 63.7 Å². The third-order valence-electron chi connectivity index (χ3n) is 3.94. The number of benzene rings is 2. The van der Waals surface area contributed by atoms with E-state index < -0.39 is 0 Å². The second-order valence-electron chi connectivity index (χ2n) is 5.67. The molecule has 5 rings (SSSR count). The molecular weight excluding hydrogens is 374 g/mol. The van der Waals surface area contributed by atoms with Crippen molar-refractivity contribution in [2.45, 2.75) is 11.0 Å². The van der Waals surface area contributed by atoms with E-state index >= 15 is 0 Å². The molecule has 0 radical (unpaired) electrons. The number of aromatic nitrogens is 3. The summed E-state index contributed by atoms with van der Waals surface area (Å²) in [4.78, 5) is 24.0. The average Bonchev–Trinajstić information content (AvgIpc) is 3.21. The maximum Gasteiger partial charge on any atom is 0.294 e. The summed E-state index contributed by atoms with van der Waals surface area (Å²) < 4.78 is 11.3. The normalized spacial score (nSPS) is 11.7. The average molecular weight is 384 g/mol. The Hall–Kier alpha value is -2.77. The van der Waals surface area contributed by atoms with Crippen LogP contribution in [0.5, 0.6) is 0 Å². The number of nitrogens with one attached hydrogen (secondary N) is 1. The van der Waals surface area contributed by atoms with E-state index in [4.69, 9.17) is 20.4 Å². The highest BCUT2D eigenvalue weighted by Gasteiger charge is 2.14. The number of para-hydroxylation sites is 1. The van der Waals surface area contributed by atoms with E-state index in [1.54, 1.807) is 18.2 Å². The molecule has 0 atom stereocenters. The fourth-order valence-electron chi connectivity index (χ4n) is 2.79. The zero-order valence-corrected chi connectivity index (χ0v) is 14.7. The molecule has 3 aromatic heterocycles. The van der Waals surface area contributed by atoms with E-state index in [1.165, 1.54) is 11.8 Å². The number of nitrogens with zero attached hydrogens (tertiary/aromatic N) is 2. The molecule has 2 aromatic carbocycles. The lowest BCUT2D eigenvalue weighted by Crippen LogP contribution is -2.10. The summed E-state index contributed by atoms with van der Waals surface area (Å²) in [5.74, 6) is 0.935. The van der Waals surface area contributed by atoms with Crippen LogP contribution in [-0.4, -0.2) is 15.0 Å².